The van der Waals surface area contributed by atoms with Crippen LogP contribution in [0.2, 0.25) is 0 Å². The summed E-state index contributed by atoms with van der Waals surface area (Å²) in [5, 5.41) is 3.18. The lowest BCUT2D eigenvalue weighted by Crippen LogP contribution is -2.32. The quantitative estimate of drug-likeness (QED) is 0.434. The highest BCUT2D eigenvalue weighted by atomic mass is 16.5. The molecule has 0 fully saturated rings. The molecule has 174 valence electrons. The third kappa shape index (κ3) is 4.66. The summed E-state index contributed by atoms with van der Waals surface area (Å²) in [7, 11) is 0. The second kappa shape index (κ2) is 10.3. The predicted molar refractivity (Wildman–Crippen MR) is 134 cm³/mol. The Kier molecular flexibility index (Phi) is 6.97. The van der Waals surface area contributed by atoms with Crippen LogP contribution in [0.25, 0.3) is 5.57 Å². The van der Waals surface area contributed by atoms with Gasteiger partial charge in [0.25, 0.3) is 11.8 Å². The van der Waals surface area contributed by atoms with E-state index in [0.717, 1.165) is 17.7 Å². The molecule has 1 N–H and O–H groups in total. The van der Waals surface area contributed by atoms with Crippen LogP contribution >= 0.6 is 0 Å². The van der Waals surface area contributed by atoms with Crippen molar-refractivity contribution in [2.24, 2.45) is 0 Å². The van der Waals surface area contributed by atoms with Gasteiger partial charge in [0.05, 0.1) is 24.5 Å². The Morgan fingerprint density at radius 1 is 0.706 bits per heavy atom. The van der Waals surface area contributed by atoms with Gasteiger partial charge in [0, 0.05) is 5.69 Å². The van der Waals surface area contributed by atoms with Crippen LogP contribution in [0.5, 0.6) is 11.5 Å². The van der Waals surface area contributed by atoms with Crippen molar-refractivity contribution in [1.29, 1.82) is 0 Å². The van der Waals surface area contributed by atoms with Crippen molar-refractivity contribution in [3.8, 4) is 11.5 Å². The zero-order valence-electron chi connectivity index (χ0n) is 19.6. The van der Waals surface area contributed by atoms with Crippen molar-refractivity contribution in [1.82, 2.24) is 0 Å². The average Bonchev–Trinajstić information content (AvgIpc) is 3.10. The second-order valence-corrected chi connectivity index (χ2v) is 7.76. The highest BCUT2D eigenvalue weighted by molar-refractivity contribution is 6.46. The molecule has 2 amide bonds. The molecular weight excluding hydrogens is 428 g/mol. The number of nitrogens with zero attached hydrogens (tertiary/aromatic N) is 1. The molecule has 0 aliphatic carbocycles. The molecule has 0 saturated heterocycles. The van der Waals surface area contributed by atoms with E-state index in [1.54, 1.807) is 24.3 Å². The molecule has 0 spiro atoms. The molecule has 1 heterocycles. The molecule has 6 nitrogen and oxygen atoms in total. The summed E-state index contributed by atoms with van der Waals surface area (Å²) < 4.78 is 11.0. The summed E-state index contributed by atoms with van der Waals surface area (Å²) >= 11 is 0. The zero-order chi connectivity index (χ0) is 24.1. The number of hydrogen-bond acceptors (Lipinski definition) is 5. The number of nitrogens with one attached hydrogen (secondary N) is 1. The molecule has 0 saturated carbocycles. The Hall–Kier alpha value is -4.06. The Labute approximate surface area is 199 Å². The maximum Gasteiger partial charge on any atom is 0.282 e. The van der Waals surface area contributed by atoms with E-state index >= 15 is 0 Å². The number of hydrogen-bond donors (Lipinski definition) is 1. The van der Waals surface area contributed by atoms with E-state index in [9.17, 15) is 9.59 Å². The molecule has 0 unspecified atom stereocenters. The summed E-state index contributed by atoms with van der Waals surface area (Å²) in [6.45, 7) is 7.01. The van der Waals surface area contributed by atoms with Gasteiger partial charge in [-0.2, -0.15) is 0 Å². The van der Waals surface area contributed by atoms with Crippen LogP contribution in [0.15, 0.2) is 78.5 Å². The van der Waals surface area contributed by atoms with E-state index in [-0.39, 0.29) is 11.6 Å². The van der Waals surface area contributed by atoms with E-state index in [1.165, 1.54) is 4.90 Å². The van der Waals surface area contributed by atoms with E-state index in [1.807, 2.05) is 62.4 Å². The molecule has 3 aromatic rings. The minimum Gasteiger partial charge on any atom is -0.494 e. The third-order valence-electron chi connectivity index (χ3n) is 5.58. The minimum atomic E-state index is -0.396. The van der Waals surface area contributed by atoms with Crippen molar-refractivity contribution >= 4 is 28.8 Å². The summed E-state index contributed by atoms with van der Waals surface area (Å²) in [5.41, 5.74) is 3.56. The average molecular weight is 457 g/mol. The third-order valence-corrected chi connectivity index (χ3v) is 5.58. The Balaban J connectivity index is 1.73. The molecule has 34 heavy (non-hydrogen) atoms. The van der Waals surface area contributed by atoms with Crippen LogP contribution in [0.3, 0.4) is 0 Å². The van der Waals surface area contributed by atoms with Gasteiger partial charge in [0.15, 0.2) is 0 Å². The molecule has 0 atom stereocenters. The normalized spacial score (nSPS) is 13.4. The lowest BCUT2D eigenvalue weighted by molar-refractivity contribution is -0.120. The first kappa shape index (κ1) is 23.1. The van der Waals surface area contributed by atoms with Gasteiger partial charge in [-0.15, -0.1) is 0 Å². The second-order valence-electron chi connectivity index (χ2n) is 7.76. The highest BCUT2D eigenvalue weighted by Crippen LogP contribution is 2.34. The number of ether oxygens (including phenoxy) is 2. The maximum absolute atomic E-state index is 13.6. The molecule has 3 aromatic carbocycles. The monoisotopic (exact) mass is 456 g/mol. The van der Waals surface area contributed by atoms with Crippen LogP contribution in [0.4, 0.5) is 11.4 Å². The predicted octanol–water partition coefficient (Wildman–Crippen LogP) is 5.44. The Bertz CT molecular complexity index is 1200. The topological polar surface area (TPSA) is 67.9 Å². The maximum atomic E-state index is 13.6. The van der Waals surface area contributed by atoms with Gasteiger partial charge in [-0.05, 0) is 79.9 Å². The van der Waals surface area contributed by atoms with Gasteiger partial charge in [-0.1, -0.05) is 31.2 Å². The van der Waals surface area contributed by atoms with Crippen LogP contribution in [0, 0.1) is 0 Å². The van der Waals surface area contributed by atoms with E-state index in [0.29, 0.717) is 41.5 Å². The van der Waals surface area contributed by atoms with Crippen molar-refractivity contribution in [2.45, 2.75) is 27.2 Å². The largest absolute Gasteiger partial charge is 0.494 e. The lowest BCUT2D eigenvalue weighted by Gasteiger charge is -2.16. The van der Waals surface area contributed by atoms with E-state index < -0.39 is 5.91 Å². The van der Waals surface area contributed by atoms with Gasteiger partial charge in [0.2, 0.25) is 0 Å². The molecular formula is C28H28N2O4. The number of rotatable bonds is 9. The number of benzene rings is 3. The summed E-state index contributed by atoms with van der Waals surface area (Å²) in [4.78, 5) is 28.3. The Morgan fingerprint density at radius 2 is 1.26 bits per heavy atom. The number of anilines is 2. The fourth-order valence-corrected chi connectivity index (χ4v) is 3.86. The molecule has 1 aliphatic rings. The minimum absolute atomic E-state index is 0.234. The van der Waals surface area contributed by atoms with Crippen LogP contribution in [0.1, 0.15) is 31.9 Å². The van der Waals surface area contributed by atoms with E-state index in [4.69, 9.17) is 9.47 Å². The summed E-state index contributed by atoms with van der Waals surface area (Å²) in [6, 6.07) is 22.0. The van der Waals surface area contributed by atoms with Crippen LogP contribution < -0.4 is 19.7 Å². The van der Waals surface area contributed by atoms with Crippen molar-refractivity contribution < 1.29 is 19.1 Å². The fourth-order valence-electron chi connectivity index (χ4n) is 3.86. The Morgan fingerprint density at radius 3 is 1.79 bits per heavy atom. The first-order valence-electron chi connectivity index (χ1n) is 11.5. The molecule has 1 aliphatic heterocycles. The molecule has 0 aromatic heterocycles. The molecule has 0 bridgehead atoms. The number of imide groups is 1. The smallest absolute Gasteiger partial charge is 0.282 e. The first-order valence-corrected chi connectivity index (χ1v) is 11.5. The fraction of sp³-hybridized carbons (Fsp3) is 0.214. The first-order chi connectivity index (χ1) is 16.5. The van der Waals surface area contributed by atoms with Gasteiger partial charge < -0.3 is 14.8 Å². The standard InChI is InChI=1S/C28H28N2O4/c1-4-19-7-13-22(14-8-19)30-27(31)25(20-9-15-23(16-10-20)33-5-2)26(28(30)32)29-21-11-17-24(18-12-21)34-6-3/h7-18,29H,4-6H2,1-3H3. The van der Waals surface area contributed by atoms with E-state index in [2.05, 4.69) is 12.2 Å². The number of carbonyl (C=O) groups excluding carboxylic acids is 2. The summed E-state index contributed by atoms with van der Waals surface area (Å²) in [5.74, 6) is 0.677. The van der Waals surface area contributed by atoms with Crippen molar-refractivity contribution in [2.75, 3.05) is 23.4 Å². The van der Waals surface area contributed by atoms with Gasteiger partial charge in [0.1, 0.15) is 17.2 Å². The number of aryl methyl sites for hydroxylation is 1. The number of carbonyl (C=O) groups is 2. The number of amides is 2. The lowest BCUT2D eigenvalue weighted by atomic mass is 10.0. The SMILES string of the molecule is CCOc1ccc(NC2=C(c3ccc(OCC)cc3)C(=O)N(c3ccc(CC)cc3)C2=O)cc1. The van der Waals surface area contributed by atoms with Gasteiger partial charge in [-0.3, -0.25) is 9.59 Å². The molecule has 0 radical (unpaired) electrons. The highest BCUT2D eigenvalue weighted by Gasteiger charge is 2.40. The van der Waals surface area contributed by atoms with Gasteiger partial charge >= 0.3 is 0 Å². The molecule has 6 heteroatoms. The van der Waals surface area contributed by atoms with Crippen molar-refractivity contribution in [3.05, 3.63) is 89.6 Å². The molecule has 4 rings (SSSR count). The van der Waals surface area contributed by atoms with Crippen LogP contribution in [-0.4, -0.2) is 25.0 Å². The zero-order valence-corrected chi connectivity index (χ0v) is 19.6. The summed E-state index contributed by atoms with van der Waals surface area (Å²) in [6.07, 6.45) is 0.877. The van der Waals surface area contributed by atoms with Gasteiger partial charge in [-0.25, -0.2) is 4.90 Å². The van der Waals surface area contributed by atoms with Crippen molar-refractivity contribution in [3.63, 3.8) is 0 Å². The van der Waals surface area contributed by atoms with Crippen LogP contribution in [-0.2, 0) is 16.0 Å².